The molecular weight excluding hydrogens is 213 g/mol. The topological polar surface area (TPSA) is 107 Å². The van der Waals surface area contributed by atoms with E-state index in [1.165, 1.54) is 0 Å². The maximum absolute atomic E-state index is 11.1. The van der Waals surface area contributed by atoms with Gasteiger partial charge in [-0.1, -0.05) is 0 Å². The quantitative estimate of drug-likeness (QED) is 0.624. The van der Waals surface area contributed by atoms with Crippen LogP contribution < -0.4 is 0 Å². The van der Waals surface area contributed by atoms with E-state index in [2.05, 4.69) is 4.52 Å². The molecule has 1 fully saturated rings. The van der Waals surface area contributed by atoms with Gasteiger partial charge in [-0.25, -0.2) is 9.67 Å². The standard InChI is InChI=1S/C6H11NO6P/c8-4-3-7-5(9)1-2-6(7)13-14(10,11)12/h6H,1-4H2,(H2,10,11,12). The molecule has 81 valence electrons. The second-order valence-electron chi connectivity index (χ2n) is 2.88. The molecule has 1 atom stereocenters. The summed E-state index contributed by atoms with van der Waals surface area (Å²) in [4.78, 5) is 29.2. The monoisotopic (exact) mass is 224 g/mol. The summed E-state index contributed by atoms with van der Waals surface area (Å²) in [5.74, 6) is -0.306. The minimum atomic E-state index is -4.60. The molecule has 0 aromatic heterocycles. The highest BCUT2D eigenvalue weighted by Crippen LogP contribution is 2.40. The Morgan fingerprint density at radius 3 is 2.71 bits per heavy atom. The second kappa shape index (κ2) is 4.37. The van der Waals surface area contributed by atoms with Crippen LogP contribution >= 0.6 is 7.82 Å². The van der Waals surface area contributed by atoms with E-state index in [0.29, 0.717) is 0 Å². The Kier molecular flexibility index (Phi) is 3.63. The number of hydrogen-bond acceptors (Lipinski definition) is 3. The maximum atomic E-state index is 11.1. The molecule has 0 spiro atoms. The number of nitrogens with zero attached hydrogens (tertiary/aromatic N) is 1. The lowest BCUT2D eigenvalue weighted by Crippen LogP contribution is -2.36. The Balaban J connectivity index is 2.60. The third-order valence-electron chi connectivity index (χ3n) is 1.86. The summed E-state index contributed by atoms with van der Waals surface area (Å²) >= 11 is 0. The molecule has 1 radical (unpaired) electrons. The van der Waals surface area contributed by atoms with E-state index in [1.54, 1.807) is 0 Å². The summed E-state index contributed by atoms with van der Waals surface area (Å²) < 4.78 is 14.9. The number of phosphoric ester groups is 1. The summed E-state index contributed by atoms with van der Waals surface area (Å²) in [6.07, 6.45) is -0.591. The van der Waals surface area contributed by atoms with Crippen LogP contribution in [0.5, 0.6) is 0 Å². The molecular formula is C6H11NO6P. The molecule has 1 rings (SSSR count). The first-order valence-corrected chi connectivity index (χ1v) is 5.58. The van der Waals surface area contributed by atoms with Gasteiger partial charge in [-0.3, -0.25) is 9.32 Å². The minimum Gasteiger partial charge on any atom is -0.314 e. The summed E-state index contributed by atoms with van der Waals surface area (Å²) in [7, 11) is -4.60. The van der Waals surface area contributed by atoms with E-state index in [1.807, 2.05) is 0 Å². The van der Waals surface area contributed by atoms with Crippen molar-refractivity contribution in [3.8, 4) is 0 Å². The average molecular weight is 224 g/mol. The number of phosphoric acid groups is 1. The van der Waals surface area contributed by atoms with Gasteiger partial charge in [-0.05, 0) is 0 Å². The van der Waals surface area contributed by atoms with Crippen LogP contribution in [0.4, 0.5) is 0 Å². The molecule has 1 amide bonds. The van der Waals surface area contributed by atoms with Crippen LogP contribution in [0.2, 0.25) is 0 Å². The van der Waals surface area contributed by atoms with E-state index >= 15 is 0 Å². The van der Waals surface area contributed by atoms with Crippen molar-refractivity contribution >= 4 is 13.7 Å². The van der Waals surface area contributed by atoms with Crippen LogP contribution in [0.25, 0.3) is 0 Å². The molecule has 1 saturated heterocycles. The van der Waals surface area contributed by atoms with Crippen LogP contribution in [0.1, 0.15) is 12.8 Å². The molecule has 1 heterocycles. The normalized spacial score (nSPS) is 23.2. The van der Waals surface area contributed by atoms with Crippen LogP contribution in [0.3, 0.4) is 0 Å². The number of carbonyl (C=O) groups is 1. The SMILES string of the molecule is [O]CCN1C(=O)CCC1OP(=O)(O)O. The summed E-state index contributed by atoms with van der Waals surface area (Å²) in [5.41, 5.74) is 0. The molecule has 2 N–H and O–H groups in total. The smallest absolute Gasteiger partial charge is 0.314 e. The van der Waals surface area contributed by atoms with E-state index < -0.39 is 20.7 Å². The first-order valence-electron chi connectivity index (χ1n) is 4.05. The molecule has 0 bridgehead atoms. The lowest BCUT2D eigenvalue weighted by molar-refractivity contribution is -0.133. The highest BCUT2D eigenvalue weighted by atomic mass is 31.2. The van der Waals surface area contributed by atoms with Crippen molar-refractivity contribution in [3.05, 3.63) is 0 Å². The Bertz CT molecular complexity index is 263. The van der Waals surface area contributed by atoms with Crippen LogP contribution in [-0.2, 0) is 19.0 Å². The van der Waals surface area contributed by atoms with Gasteiger partial charge in [0.2, 0.25) is 5.91 Å². The molecule has 0 aromatic rings. The van der Waals surface area contributed by atoms with Gasteiger partial charge < -0.3 is 14.7 Å². The molecule has 0 saturated carbocycles. The molecule has 1 unspecified atom stereocenters. The second-order valence-corrected chi connectivity index (χ2v) is 4.07. The van der Waals surface area contributed by atoms with E-state index in [-0.39, 0.29) is 25.3 Å². The lowest BCUT2D eigenvalue weighted by atomic mass is 10.4. The van der Waals surface area contributed by atoms with Crippen molar-refractivity contribution in [1.82, 2.24) is 4.90 Å². The zero-order chi connectivity index (χ0) is 10.8. The first-order chi connectivity index (χ1) is 6.44. The van der Waals surface area contributed by atoms with Crippen LogP contribution in [-0.4, -0.2) is 40.0 Å². The number of hydrogen-bond donors (Lipinski definition) is 2. The van der Waals surface area contributed by atoms with Crippen molar-refractivity contribution in [2.45, 2.75) is 19.1 Å². The Morgan fingerprint density at radius 1 is 1.57 bits per heavy atom. The number of amides is 1. The third-order valence-corrected chi connectivity index (χ3v) is 2.38. The van der Waals surface area contributed by atoms with Gasteiger partial charge in [-0.2, -0.15) is 0 Å². The van der Waals surface area contributed by atoms with Gasteiger partial charge in [0.1, 0.15) is 6.23 Å². The summed E-state index contributed by atoms with van der Waals surface area (Å²) in [6.45, 7) is -0.587. The van der Waals surface area contributed by atoms with Gasteiger partial charge in [0, 0.05) is 19.4 Å². The Morgan fingerprint density at radius 2 is 2.21 bits per heavy atom. The molecule has 1 aliphatic rings. The van der Waals surface area contributed by atoms with Crippen LogP contribution in [0, 0.1) is 0 Å². The van der Waals surface area contributed by atoms with Gasteiger partial charge >= 0.3 is 7.82 Å². The molecule has 7 nitrogen and oxygen atoms in total. The Labute approximate surface area is 80.5 Å². The van der Waals surface area contributed by atoms with Crippen molar-refractivity contribution in [2.75, 3.05) is 13.2 Å². The van der Waals surface area contributed by atoms with Crippen molar-refractivity contribution in [1.29, 1.82) is 0 Å². The molecule has 8 heteroatoms. The highest BCUT2D eigenvalue weighted by Gasteiger charge is 2.35. The van der Waals surface area contributed by atoms with Crippen molar-refractivity contribution in [3.63, 3.8) is 0 Å². The fourth-order valence-corrected chi connectivity index (χ4v) is 1.88. The van der Waals surface area contributed by atoms with E-state index in [4.69, 9.17) is 9.79 Å². The predicted molar refractivity (Wildman–Crippen MR) is 43.4 cm³/mol. The molecule has 1 aliphatic heterocycles. The van der Waals surface area contributed by atoms with E-state index in [9.17, 15) is 14.5 Å². The number of carbonyl (C=O) groups excluding carboxylic acids is 1. The average Bonchev–Trinajstić information content (AvgIpc) is 2.33. The zero-order valence-corrected chi connectivity index (χ0v) is 8.22. The van der Waals surface area contributed by atoms with Crippen molar-refractivity contribution < 1.29 is 28.8 Å². The minimum absolute atomic E-state index is 0.0799. The number of rotatable bonds is 4. The first kappa shape index (κ1) is 11.6. The number of likely N-dealkylation sites (tertiary alicyclic amines) is 1. The maximum Gasteiger partial charge on any atom is 0.471 e. The van der Waals surface area contributed by atoms with Crippen LogP contribution in [0.15, 0.2) is 0 Å². The lowest BCUT2D eigenvalue weighted by Gasteiger charge is -2.23. The van der Waals surface area contributed by atoms with Gasteiger partial charge in [0.05, 0.1) is 6.61 Å². The summed E-state index contributed by atoms with van der Waals surface area (Å²) in [6, 6.07) is 0. The fourth-order valence-electron chi connectivity index (χ4n) is 1.34. The molecule has 0 aliphatic carbocycles. The fraction of sp³-hybridized carbons (Fsp3) is 0.833. The van der Waals surface area contributed by atoms with Gasteiger partial charge in [-0.15, -0.1) is 0 Å². The largest absolute Gasteiger partial charge is 0.471 e. The zero-order valence-electron chi connectivity index (χ0n) is 7.33. The van der Waals surface area contributed by atoms with Gasteiger partial charge in [0.25, 0.3) is 0 Å². The summed E-state index contributed by atoms with van der Waals surface area (Å²) in [5, 5.41) is 10.3. The molecule has 14 heavy (non-hydrogen) atoms. The molecule has 0 aromatic carbocycles. The van der Waals surface area contributed by atoms with E-state index in [0.717, 1.165) is 4.90 Å². The third kappa shape index (κ3) is 3.04. The van der Waals surface area contributed by atoms with Crippen molar-refractivity contribution in [2.24, 2.45) is 0 Å². The van der Waals surface area contributed by atoms with Gasteiger partial charge in [0.15, 0.2) is 0 Å². The highest BCUT2D eigenvalue weighted by molar-refractivity contribution is 7.46. The Hall–Kier alpha value is -0.460. The predicted octanol–water partition coefficient (Wildman–Crippen LogP) is -0.525.